The first-order valence-electron chi connectivity index (χ1n) is 0. The van der Waals surface area contributed by atoms with Crippen molar-refractivity contribution in [2.45, 2.75) is 59.4 Å². The largest absolute Gasteiger partial charge is 0.197 e. The Morgan fingerprint density at radius 1 is 0.455 bits per heavy atom. The van der Waals surface area contributed by atoms with Crippen molar-refractivity contribution in [2.24, 2.45) is 0 Å². The van der Waals surface area contributed by atoms with E-state index in [-0.39, 0.29) is 124 Å². The zero-order valence-electron chi connectivity index (χ0n) is 1.32. The first kappa shape index (κ1) is 566. The average Bonchev–Trinajstić information content (AvgIpc) is 0. The molecule has 0 unspecified atom stereocenters. The minimum absolute atomic E-state index is 0. The normalized spacial score (nSPS) is 0. The first-order chi connectivity index (χ1) is 0. The van der Waals surface area contributed by atoms with Gasteiger partial charge in [-0.2, -0.15) is 13.5 Å². The van der Waals surface area contributed by atoms with Gasteiger partial charge < -0.3 is 0 Å². The molecule has 0 aliphatic heterocycles. The monoisotopic (exact) mass is 486 g/mol. The third-order valence-electron chi connectivity index (χ3n) is 0. The van der Waals surface area contributed by atoms with Crippen molar-refractivity contribution >= 4 is 37.5 Å². The van der Waals surface area contributed by atoms with E-state index in [9.17, 15) is 0 Å². The van der Waals surface area contributed by atoms with Crippen LogP contribution in [0.2, 0.25) is 0 Å². The van der Waals surface area contributed by atoms with E-state index >= 15 is 0 Å². The Hall–Kier alpha value is 1.77. The Balaban J connectivity index is 0. The maximum atomic E-state index is 0. The van der Waals surface area contributed by atoms with E-state index in [0.29, 0.717) is 0 Å². The third kappa shape index (κ3) is 359. The van der Waals surface area contributed by atoms with E-state index < -0.39 is 0 Å². The minimum atomic E-state index is 0. The summed E-state index contributed by atoms with van der Waals surface area (Å²) in [5.41, 5.74) is 0. The summed E-state index contributed by atoms with van der Waals surface area (Å²) in [6, 6.07) is 0. The van der Waals surface area contributed by atoms with Crippen molar-refractivity contribution in [3.63, 3.8) is 0 Å². The summed E-state index contributed by atoms with van der Waals surface area (Å²) in [5.74, 6) is 0. The number of hydrogen-bond donors (Lipinski definition) is 0. The van der Waals surface area contributed by atoms with Crippen LogP contribution in [-0.4, -0.2) is 0 Å². The van der Waals surface area contributed by atoms with Crippen molar-refractivity contribution in [3.8, 4) is 0 Å². The van der Waals surface area contributed by atoms with Crippen LogP contribution in [0.1, 0.15) is 65.1 Å². The SMILES string of the molecule is C.C.C.C.C.C.C.C.I.S.[2HH].[2HH].[2HH].[2HH].[W]. The molecule has 0 saturated carbocycles. The fraction of sp³-hybridized carbons (Fsp3) is 1.00. The van der Waals surface area contributed by atoms with Crippen molar-refractivity contribution < 1.29 is 26.8 Å². The van der Waals surface area contributed by atoms with Crippen molar-refractivity contribution in [1.82, 2.24) is 0 Å². The zero-order chi connectivity index (χ0) is 0. The van der Waals surface area contributed by atoms with Gasteiger partial charge in [-0.25, -0.2) is 0 Å². The Kier molecular flexibility index (Phi) is 22400. The molecule has 11 heavy (non-hydrogen) atoms. The van der Waals surface area contributed by atoms with E-state index in [1.54, 1.807) is 0 Å². The molecule has 0 atom stereocenters. The zero-order valence-corrected chi connectivity index (χ0v) is 7.58. The molecule has 0 amide bonds. The van der Waals surface area contributed by atoms with Crippen LogP contribution in [0.4, 0.5) is 0 Å². The molecule has 0 rings (SSSR count). The fourth-order valence-corrected chi connectivity index (χ4v) is 0. The minimum Gasteiger partial charge on any atom is -0.197 e. The molecule has 0 aromatic carbocycles. The summed E-state index contributed by atoms with van der Waals surface area (Å²) in [6.07, 6.45) is 0. The summed E-state index contributed by atoms with van der Waals surface area (Å²) >= 11 is 0. The van der Waals surface area contributed by atoms with E-state index in [0.717, 1.165) is 0 Å². The van der Waals surface area contributed by atoms with Crippen LogP contribution in [-0.2, 0) is 21.1 Å². The van der Waals surface area contributed by atoms with Gasteiger partial charge in [0, 0.05) is 26.8 Å². The predicted octanol–water partition coefficient (Wildman–Crippen LogP) is 6.80. The van der Waals surface area contributed by atoms with Gasteiger partial charge in [0.15, 0.2) is 0 Å². The molecule has 0 radical (unpaired) electrons. The van der Waals surface area contributed by atoms with Crippen molar-refractivity contribution in [1.29, 1.82) is 0 Å². The molecule has 94 valence electrons. The molecule has 0 aromatic heterocycles. The molecule has 0 spiro atoms. The van der Waals surface area contributed by atoms with Gasteiger partial charge in [0.25, 0.3) is 0 Å². The summed E-state index contributed by atoms with van der Waals surface area (Å²) in [7, 11) is 0. The summed E-state index contributed by atoms with van der Waals surface area (Å²) in [4.78, 5) is 0. The molecular formula is C8H43ISW. The first-order valence-corrected chi connectivity index (χ1v) is 0. The maximum absolute atomic E-state index is 0. The predicted molar refractivity (Wildman–Crippen MR) is 88.1 cm³/mol. The topological polar surface area (TPSA) is 0 Å². The molecule has 0 bridgehead atoms. The molecule has 0 aliphatic rings. The van der Waals surface area contributed by atoms with Crippen molar-refractivity contribution in [3.05, 3.63) is 0 Å². The van der Waals surface area contributed by atoms with Crippen LogP contribution >= 0.6 is 37.5 Å². The van der Waals surface area contributed by atoms with Crippen LogP contribution in [0.5, 0.6) is 0 Å². The number of halogens is 1. The molecule has 0 N–H and O–H groups in total. The van der Waals surface area contributed by atoms with Crippen LogP contribution in [0, 0.1) is 0 Å². The van der Waals surface area contributed by atoms with E-state index in [2.05, 4.69) is 0 Å². The fourth-order valence-electron chi connectivity index (χ4n) is 0. The molecule has 3 heteroatoms. The summed E-state index contributed by atoms with van der Waals surface area (Å²) in [5, 5.41) is 0. The average molecular weight is 486 g/mol. The second-order valence-electron chi connectivity index (χ2n) is 0. The van der Waals surface area contributed by atoms with Gasteiger partial charge in [-0.05, 0) is 0 Å². The maximum Gasteiger partial charge on any atom is 0 e. The molecular weight excluding hydrogens is 439 g/mol. The van der Waals surface area contributed by atoms with Crippen LogP contribution in [0.15, 0.2) is 0 Å². The van der Waals surface area contributed by atoms with Gasteiger partial charge in [0.1, 0.15) is 0 Å². The van der Waals surface area contributed by atoms with E-state index in [1.807, 2.05) is 0 Å². The molecule has 0 aromatic rings. The van der Waals surface area contributed by atoms with Gasteiger partial charge in [-0.1, -0.05) is 59.4 Å². The number of hydrogen-bond acceptors (Lipinski definition) is 0. The Morgan fingerprint density at radius 3 is 0.455 bits per heavy atom. The Morgan fingerprint density at radius 2 is 0.455 bits per heavy atom. The van der Waals surface area contributed by atoms with Gasteiger partial charge in [0.05, 0.1) is 0 Å². The number of rotatable bonds is 0. The smallest absolute Gasteiger partial charge is 0 e. The second-order valence-corrected chi connectivity index (χ2v) is 0. The Labute approximate surface area is 123 Å². The third-order valence-corrected chi connectivity index (χ3v) is 0. The summed E-state index contributed by atoms with van der Waals surface area (Å²) in [6.45, 7) is 0. The molecule has 0 nitrogen and oxygen atoms in total. The van der Waals surface area contributed by atoms with Crippen LogP contribution < -0.4 is 0 Å². The molecule has 0 aliphatic carbocycles. The Bertz CT molecular complexity index is 26.6. The van der Waals surface area contributed by atoms with E-state index in [4.69, 9.17) is 0 Å². The van der Waals surface area contributed by atoms with Gasteiger partial charge in [-0.15, -0.1) is 24.0 Å². The molecule has 0 fully saturated rings. The van der Waals surface area contributed by atoms with Gasteiger partial charge in [0.2, 0.25) is 0 Å². The summed E-state index contributed by atoms with van der Waals surface area (Å²) < 4.78 is 0. The standard InChI is InChI=1S/8CH4.HI.H2S.W.4H2/h8*1H4;1H;1H2;;4*1H/i;;;;;;;;;;;4*1+1. The van der Waals surface area contributed by atoms with Crippen LogP contribution in [0.3, 0.4) is 0 Å². The van der Waals surface area contributed by atoms with Crippen molar-refractivity contribution in [2.75, 3.05) is 0 Å². The second kappa shape index (κ2) is 436. The van der Waals surface area contributed by atoms with Crippen LogP contribution in [0.25, 0.3) is 0 Å². The van der Waals surface area contributed by atoms with E-state index in [1.165, 1.54) is 0 Å². The molecule has 0 heterocycles. The molecule has 0 saturated heterocycles. The quantitative estimate of drug-likeness (QED) is 0.331. The van der Waals surface area contributed by atoms with Gasteiger partial charge >= 0.3 is 0 Å². The van der Waals surface area contributed by atoms with Gasteiger partial charge in [-0.3, -0.25) is 0 Å².